The summed E-state index contributed by atoms with van der Waals surface area (Å²) in [5.41, 5.74) is 5.79. The molecular weight excluding hydrogens is 590 g/mol. The van der Waals surface area contributed by atoms with Crippen molar-refractivity contribution < 1.29 is 4.79 Å². The Labute approximate surface area is 271 Å². The van der Waals surface area contributed by atoms with Crippen LogP contribution in [0.25, 0.3) is 22.4 Å². The van der Waals surface area contributed by atoms with Crippen LogP contribution in [0.4, 0.5) is 27.9 Å². The number of amides is 2. The number of urea groups is 1. The Morgan fingerprint density at radius 2 is 1.72 bits per heavy atom. The highest BCUT2D eigenvalue weighted by Gasteiger charge is 2.23. The summed E-state index contributed by atoms with van der Waals surface area (Å²) >= 11 is 0. The summed E-state index contributed by atoms with van der Waals surface area (Å²) in [6.45, 7) is 1.23. The van der Waals surface area contributed by atoms with Crippen LogP contribution in [-0.4, -0.2) is 40.5 Å². The first-order valence-electron chi connectivity index (χ1n) is 15.3. The molecule has 2 N–H and O–H groups in total. The zero-order valence-corrected chi connectivity index (χ0v) is 25.7. The predicted molar refractivity (Wildman–Crippen MR) is 178 cm³/mol. The summed E-state index contributed by atoms with van der Waals surface area (Å²) in [4.78, 5) is 28.8. The van der Waals surface area contributed by atoms with E-state index in [4.69, 9.17) is 0 Å². The van der Waals surface area contributed by atoms with Gasteiger partial charge in [0.2, 0.25) is 5.95 Å². The molecule has 0 saturated heterocycles. The van der Waals surface area contributed by atoms with Crippen LogP contribution in [0.3, 0.4) is 0 Å². The van der Waals surface area contributed by atoms with E-state index in [-0.39, 0.29) is 6.03 Å². The second-order valence-electron chi connectivity index (χ2n) is 11.4. The van der Waals surface area contributed by atoms with Crippen molar-refractivity contribution in [3.63, 3.8) is 0 Å². The number of aryl methyl sites for hydroxylation is 1. The number of hydrogen-bond donors (Lipinski definition) is 2. The fourth-order valence-electron chi connectivity index (χ4n) is 5.18. The molecule has 0 radical (unpaired) electrons. The van der Waals surface area contributed by atoms with Gasteiger partial charge in [-0.15, -0.1) is 0 Å². The Kier molecular flexibility index (Phi) is 8.09. The fourth-order valence-corrected chi connectivity index (χ4v) is 5.18. The molecule has 232 valence electrons. The van der Waals surface area contributed by atoms with Gasteiger partial charge in [0.25, 0.3) is 0 Å². The predicted octanol–water partition coefficient (Wildman–Crippen LogP) is 6.21. The topological polar surface area (TPSA) is 142 Å². The molecule has 1 saturated carbocycles. The lowest BCUT2D eigenvalue weighted by molar-refractivity contribution is 0.248. The van der Waals surface area contributed by atoms with Crippen LogP contribution in [0.5, 0.6) is 0 Å². The average Bonchev–Trinajstić information content (AvgIpc) is 3.61. The number of nitrogens with zero attached hydrogens (tertiary/aromatic N) is 9. The van der Waals surface area contributed by atoms with Gasteiger partial charge in [-0.2, -0.15) is 15.5 Å². The number of benzene rings is 2. The third kappa shape index (κ3) is 6.84. The molecular formula is C35H31N11O. The zero-order chi connectivity index (χ0) is 32.2. The summed E-state index contributed by atoms with van der Waals surface area (Å²) < 4.78 is 3.64. The van der Waals surface area contributed by atoms with Crippen molar-refractivity contribution in [2.24, 2.45) is 13.0 Å². The van der Waals surface area contributed by atoms with E-state index in [9.17, 15) is 10.1 Å². The first-order valence-corrected chi connectivity index (χ1v) is 15.3. The Hall–Kier alpha value is -6.35. The highest BCUT2D eigenvalue weighted by Crippen LogP contribution is 2.32. The van der Waals surface area contributed by atoms with Crippen LogP contribution in [0, 0.1) is 17.2 Å². The van der Waals surface area contributed by atoms with E-state index < -0.39 is 0 Å². The second kappa shape index (κ2) is 12.9. The lowest BCUT2D eigenvalue weighted by atomic mass is 10.1. The maximum absolute atomic E-state index is 13.6. The first kappa shape index (κ1) is 29.4. The zero-order valence-electron chi connectivity index (χ0n) is 25.7. The molecule has 12 heteroatoms. The Morgan fingerprint density at radius 3 is 2.43 bits per heavy atom. The van der Waals surface area contributed by atoms with Crippen molar-refractivity contribution in [3.05, 3.63) is 115 Å². The molecule has 4 aromatic heterocycles. The molecule has 2 amide bonds. The smallest absolute Gasteiger partial charge is 0.327 e. The lowest BCUT2D eigenvalue weighted by Crippen LogP contribution is -2.37. The van der Waals surface area contributed by atoms with Gasteiger partial charge < -0.3 is 10.6 Å². The molecule has 0 bridgehead atoms. The minimum absolute atomic E-state index is 0.321. The lowest BCUT2D eigenvalue weighted by Gasteiger charge is -2.23. The van der Waals surface area contributed by atoms with E-state index in [0.717, 1.165) is 28.8 Å². The van der Waals surface area contributed by atoms with Gasteiger partial charge in [0.15, 0.2) is 0 Å². The number of hydrogen-bond acceptors (Lipinski definition) is 8. The molecule has 1 fully saturated rings. The Balaban J connectivity index is 1.12. The van der Waals surface area contributed by atoms with Gasteiger partial charge in [0.05, 0.1) is 35.5 Å². The summed E-state index contributed by atoms with van der Waals surface area (Å²) in [5.74, 6) is 1.48. The van der Waals surface area contributed by atoms with Crippen molar-refractivity contribution in [3.8, 4) is 28.5 Å². The minimum atomic E-state index is -0.321. The maximum atomic E-state index is 13.6. The number of anilines is 4. The molecule has 1 aliphatic carbocycles. The number of nitrogens with one attached hydrogen (secondary N) is 2. The van der Waals surface area contributed by atoms with Gasteiger partial charge in [-0.25, -0.2) is 24.6 Å². The number of rotatable bonds is 10. The average molecular weight is 622 g/mol. The highest BCUT2D eigenvalue weighted by molar-refractivity contribution is 5.98. The minimum Gasteiger partial charge on any atom is -0.333 e. The van der Waals surface area contributed by atoms with Crippen LogP contribution < -0.4 is 15.5 Å². The molecule has 4 heterocycles. The van der Waals surface area contributed by atoms with Crippen molar-refractivity contribution in [2.75, 3.05) is 10.2 Å². The molecule has 12 nitrogen and oxygen atoms in total. The standard InChI is InChI=1S/C35H31N11O/c1-44-22-28(19-40-44)26-9-14-32(37-17-26)46(35(47)39-16-24-5-3-2-4-6-24)31-12-10-30(11-13-31)42-34-38-18-27(15-36)33(43-34)29-20-41-45(23-29)21-25-7-8-25/h2-6,9-14,17-20,22-23,25H,7-8,16,21H2,1H3,(H,39,47)(H,38,42,43). The van der Waals surface area contributed by atoms with E-state index in [1.807, 2.05) is 90.9 Å². The molecule has 7 rings (SSSR count). The number of nitriles is 1. The van der Waals surface area contributed by atoms with E-state index in [1.54, 1.807) is 23.3 Å². The van der Waals surface area contributed by atoms with E-state index in [0.29, 0.717) is 46.9 Å². The third-order valence-electron chi connectivity index (χ3n) is 7.84. The third-order valence-corrected chi connectivity index (χ3v) is 7.84. The van der Waals surface area contributed by atoms with Crippen molar-refractivity contribution in [1.82, 2.24) is 39.8 Å². The quantitative estimate of drug-likeness (QED) is 0.184. The van der Waals surface area contributed by atoms with Crippen LogP contribution in [0.1, 0.15) is 24.0 Å². The largest absolute Gasteiger partial charge is 0.333 e. The molecule has 47 heavy (non-hydrogen) atoms. The molecule has 0 unspecified atom stereocenters. The van der Waals surface area contributed by atoms with E-state index in [1.165, 1.54) is 23.9 Å². The Bertz CT molecular complexity index is 2040. The molecule has 6 aromatic rings. The Morgan fingerprint density at radius 1 is 0.915 bits per heavy atom. The van der Waals surface area contributed by atoms with Gasteiger partial charge in [0, 0.05) is 61.1 Å². The van der Waals surface area contributed by atoms with Gasteiger partial charge in [-0.3, -0.25) is 9.36 Å². The first-order chi connectivity index (χ1) is 23.0. The maximum Gasteiger partial charge on any atom is 0.327 e. The van der Waals surface area contributed by atoms with Crippen molar-refractivity contribution in [1.29, 1.82) is 5.26 Å². The van der Waals surface area contributed by atoms with Gasteiger partial charge in [-0.05, 0) is 60.7 Å². The number of carbonyl (C=O) groups is 1. The highest BCUT2D eigenvalue weighted by atomic mass is 16.2. The molecule has 0 aliphatic heterocycles. The summed E-state index contributed by atoms with van der Waals surface area (Å²) in [6.07, 6.45) is 13.0. The van der Waals surface area contributed by atoms with Crippen LogP contribution >= 0.6 is 0 Å². The van der Waals surface area contributed by atoms with Gasteiger partial charge >= 0.3 is 6.03 Å². The van der Waals surface area contributed by atoms with E-state index in [2.05, 4.69) is 41.9 Å². The molecule has 1 aliphatic rings. The van der Waals surface area contributed by atoms with Crippen LogP contribution in [-0.2, 0) is 20.1 Å². The second-order valence-corrected chi connectivity index (χ2v) is 11.4. The number of pyridine rings is 1. The normalized spacial score (nSPS) is 12.3. The number of carbonyl (C=O) groups excluding carboxylic acids is 1. The SMILES string of the molecule is Cn1cc(-c2ccc(N(C(=O)NCc3ccccc3)c3ccc(Nc4ncc(C#N)c(-c5cnn(CC6CC6)c5)n4)cc3)nc2)cn1. The van der Waals surface area contributed by atoms with Gasteiger partial charge in [0.1, 0.15) is 11.9 Å². The summed E-state index contributed by atoms with van der Waals surface area (Å²) in [7, 11) is 1.86. The van der Waals surface area contributed by atoms with Crippen LogP contribution in [0.15, 0.2) is 104 Å². The van der Waals surface area contributed by atoms with E-state index >= 15 is 0 Å². The summed E-state index contributed by atoms with van der Waals surface area (Å²) in [5, 5.41) is 24.6. The fraction of sp³-hybridized carbons (Fsp3) is 0.171. The molecule has 2 aromatic carbocycles. The van der Waals surface area contributed by atoms with Crippen molar-refractivity contribution in [2.45, 2.75) is 25.9 Å². The molecule has 0 spiro atoms. The summed E-state index contributed by atoms with van der Waals surface area (Å²) in [6, 6.07) is 22.7. The molecule has 0 atom stereocenters. The monoisotopic (exact) mass is 621 g/mol. The van der Waals surface area contributed by atoms with Crippen LogP contribution in [0.2, 0.25) is 0 Å². The van der Waals surface area contributed by atoms with Gasteiger partial charge in [-0.1, -0.05) is 30.3 Å². The number of aromatic nitrogens is 7. The van der Waals surface area contributed by atoms with Crippen molar-refractivity contribution >= 4 is 29.2 Å².